The van der Waals surface area contributed by atoms with E-state index in [1.54, 1.807) is 6.20 Å². The van der Waals surface area contributed by atoms with Gasteiger partial charge >= 0.3 is 6.18 Å². The van der Waals surface area contributed by atoms with Gasteiger partial charge < -0.3 is 10.2 Å². The van der Waals surface area contributed by atoms with Crippen LogP contribution in [0.1, 0.15) is 39.9 Å². The average Bonchev–Trinajstić information content (AvgIpc) is 3.03. The van der Waals surface area contributed by atoms with Gasteiger partial charge in [-0.15, -0.1) is 0 Å². The number of nitrogens with zero attached hydrogens (tertiary/aromatic N) is 4. The number of pyridine rings is 1. The number of hydrogen-bond acceptors (Lipinski definition) is 6. The zero-order valence-electron chi connectivity index (χ0n) is 18.1. The van der Waals surface area contributed by atoms with Crippen molar-refractivity contribution in [2.45, 2.75) is 31.5 Å². The molecular formula is C23H19F4N5O2. The van der Waals surface area contributed by atoms with Gasteiger partial charge in [-0.3, -0.25) is 14.6 Å². The number of carbonyl (C=O) groups is 2. The quantitative estimate of drug-likeness (QED) is 0.445. The van der Waals surface area contributed by atoms with Crippen LogP contribution < -0.4 is 10.2 Å². The predicted octanol–water partition coefficient (Wildman–Crippen LogP) is 4.02. The summed E-state index contributed by atoms with van der Waals surface area (Å²) >= 11 is 0. The van der Waals surface area contributed by atoms with E-state index in [1.807, 2.05) is 18.9 Å². The molecule has 2 unspecified atom stereocenters. The maximum absolute atomic E-state index is 13.5. The Morgan fingerprint density at radius 2 is 1.88 bits per heavy atom. The van der Waals surface area contributed by atoms with E-state index in [1.165, 1.54) is 24.8 Å². The third-order valence-electron chi connectivity index (χ3n) is 5.79. The largest absolute Gasteiger partial charge is 0.416 e. The monoisotopic (exact) mass is 473 g/mol. The smallest absolute Gasteiger partial charge is 0.356 e. The summed E-state index contributed by atoms with van der Waals surface area (Å²) in [5.74, 6) is -1.87. The number of benzene rings is 1. The number of rotatable bonds is 5. The summed E-state index contributed by atoms with van der Waals surface area (Å²) in [6.07, 6.45) is 0.159. The van der Waals surface area contributed by atoms with E-state index in [9.17, 15) is 27.2 Å². The Bertz CT molecular complexity index is 1260. The standard InChI is InChI=1S/C23H19F4N5O2/c1-12-20(17-10-29-11-30-22(17)32(12)2)21(34)14-6-16(9-28-8-14)31-19(33)7-13-5-15(24)3-4-18(13)23(25,26)27/h3-6,8-12,20H,7H2,1-2H3,(H,31,33). The number of likely N-dealkylation sites (N-methyl/N-ethyl adjacent to an activating group) is 1. The first kappa shape index (κ1) is 23.3. The molecule has 176 valence electrons. The minimum Gasteiger partial charge on any atom is -0.356 e. The fourth-order valence-electron chi connectivity index (χ4n) is 4.07. The molecule has 1 aliphatic heterocycles. The molecule has 1 N–H and O–H groups in total. The van der Waals surface area contributed by atoms with Gasteiger partial charge in [-0.25, -0.2) is 14.4 Å². The lowest BCUT2D eigenvalue weighted by Crippen LogP contribution is -2.31. The van der Waals surface area contributed by atoms with Gasteiger partial charge in [0.25, 0.3) is 0 Å². The highest BCUT2D eigenvalue weighted by Gasteiger charge is 2.40. The topological polar surface area (TPSA) is 88.1 Å². The molecule has 4 rings (SSSR count). The summed E-state index contributed by atoms with van der Waals surface area (Å²) in [6.45, 7) is 1.88. The number of ketones is 1. The van der Waals surface area contributed by atoms with E-state index in [0.717, 1.165) is 0 Å². The van der Waals surface area contributed by atoms with Crippen molar-refractivity contribution in [1.29, 1.82) is 0 Å². The van der Waals surface area contributed by atoms with Crippen LogP contribution in [0.4, 0.5) is 29.1 Å². The van der Waals surface area contributed by atoms with E-state index < -0.39 is 41.4 Å². The van der Waals surface area contributed by atoms with Crippen LogP contribution in [0.15, 0.2) is 49.2 Å². The number of anilines is 2. The van der Waals surface area contributed by atoms with E-state index in [-0.39, 0.29) is 23.1 Å². The van der Waals surface area contributed by atoms with Crippen LogP contribution in [0.3, 0.4) is 0 Å². The summed E-state index contributed by atoms with van der Waals surface area (Å²) in [6, 6.07) is 3.16. The van der Waals surface area contributed by atoms with Crippen LogP contribution in [0.5, 0.6) is 0 Å². The molecule has 1 aromatic carbocycles. The molecule has 3 aromatic rings. The molecule has 0 saturated heterocycles. The third kappa shape index (κ3) is 4.45. The van der Waals surface area contributed by atoms with Crippen LogP contribution in [-0.4, -0.2) is 39.7 Å². The van der Waals surface area contributed by atoms with Crippen LogP contribution >= 0.6 is 0 Å². The summed E-state index contributed by atoms with van der Waals surface area (Å²) in [4.78, 5) is 39.8. The minimum atomic E-state index is -4.73. The normalized spacial score (nSPS) is 17.4. The van der Waals surface area contributed by atoms with Crippen molar-refractivity contribution in [2.75, 3.05) is 17.3 Å². The molecule has 0 bridgehead atoms. The lowest BCUT2D eigenvalue weighted by Gasteiger charge is -2.21. The van der Waals surface area contributed by atoms with E-state index in [2.05, 4.69) is 20.3 Å². The molecule has 11 heteroatoms. The second-order valence-electron chi connectivity index (χ2n) is 7.98. The second-order valence-corrected chi connectivity index (χ2v) is 7.98. The lowest BCUT2D eigenvalue weighted by atomic mass is 9.89. The first-order valence-corrected chi connectivity index (χ1v) is 10.2. The molecule has 3 heterocycles. The van der Waals surface area contributed by atoms with Gasteiger partial charge in [-0.05, 0) is 36.8 Å². The number of Topliss-reactive ketones (excluding diaryl/α,β-unsaturated/α-hetero) is 1. The lowest BCUT2D eigenvalue weighted by molar-refractivity contribution is -0.138. The van der Waals surface area contributed by atoms with Gasteiger partial charge in [-0.1, -0.05) is 0 Å². The molecule has 0 radical (unpaired) electrons. The van der Waals surface area contributed by atoms with Crippen LogP contribution in [0, 0.1) is 5.82 Å². The molecule has 1 aliphatic rings. The molecule has 2 atom stereocenters. The van der Waals surface area contributed by atoms with Gasteiger partial charge in [0.1, 0.15) is 18.0 Å². The summed E-state index contributed by atoms with van der Waals surface area (Å²) < 4.78 is 53.1. The maximum Gasteiger partial charge on any atom is 0.416 e. The number of alkyl halides is 3. The second kappa shape index (κ2) is 8.81. The van der Waals surface area contributed by atoms with Gasteiger partial charge in [0, 0.05) is 36.6 Å². The molecular weight excluding hydrogens is 454 g/mol. The van der Waals surface area contributed by atoms with Crippen LogP contribution in [0.2, 0.25) is 0 Å². The van der Waals surface area contributed by atoms with Crippen molar-refractivity contribution < 1.29 is 27.2 Å². The maximum atomic E-state index is 13.5. The Kier molecular flexibility index (Phi) is 6.03. The summed E-state index contributed by atoms with van der Waals surface area (Å²) in [5.41, 5.74) is -0.579. The van der Waals surface area contributed by atoms with Gasteiger partial charge in [-0.2, -0.15) is 13.2 Å². The van der Waals surface area contributed by atoms with Crippen LogP contribution in [-0.2, 0) is 17.4 Å². The number of carbonyl (C=O) groups excluding carboxylic acids is 2. The average molecular weight is 473 g/mol. The number of halogens is 4. The molecule has 7 nitrogen and oxygen atoms in total. The molecule has 2 aromatic heterocycles. The molecule has 34 heavy (non-hydrogen) atoms. The Morgan fingerprint density at radius 3 is 2.62 bits per heavy atom. The molecule has 0 aliphatic carbocycles. The van der Waals surface area contributed by atoms with Crippen molar-refractivity contribution in [3.8, 4) is 0 Å². The molecule has 0 spiro atoms. The number of aromatic nitrogens is 3. The Balaban J connectivity index is 1.54. The predicted molar refractivity (Wildman–Crippen MR) is 115 cm³/mol. The van der Waals surface area contributed by atoms with Gasteiger partial charge in [0.05, 0.1) is 29.8 Å². The highest BCUT2D eigenvalue weighted by atomic mass is 19.4. The third-order valence-corrected chi connectivity index (χ3v) is 5.79. The Hall–Kier alpha value is -3.89. The Labute approximate surface area is 191 Å². The van der Waals surface area contributed by atoms with Gasteiger partial charge in [0.15, 0.2) is 5.78 Å². The summed E-state index contributed by atoms with van der Waals surface area (Å²) in [5, 5.41) is 2.43. The zero-order valence-corrected chi connectivity index (χ0v) is 18.1. The highest BCUT2D eigenvalue weighted by Crippen LogP contribution is 2.39. The van der Waals surface area contributed by atoms with E-state index in [0.29, 0.717) is 29.6 Å². The minimum absolute atomic E-state index is 0.129. The Morgan fingerprint density at radius 1 is 1.12 bits per heavy atom. The fourth-order valence-corrected chi connectivity index (χ4v) is 4.07. The number of nitrogens with one attached hydrogen (secondary N) is 1. The van der Waals surface area contributed by atoms with Crippen LogP contribution in [0.25, 0.3) is 0 Å². The SMILES string of the molecule is CC1C(C(=O)c2cncc(NC(=O)Cc3cc(F)ccc3C(F)(F)F)c2)c2cncnc2N1C. The van der Waals surface area contributed by atoms with E-state index >= 15 is 0 Å². The van der Waals surface area contributed by atoms with Crippen molar-refractivity contribution in [3.05, 3.63) is 77.3 Å². The molecule has 1 amide bonds. The number of amides is 1. The number of hydrogen-bond donors (Lipinski definition) is 1. The zero-order chi connectivity index (χ0) is 24.6. The summed E-state index contributed by atoms with van der Waals surface area (Å²) in [7, 11) is 1.82. The highest BCUT2D eigenvalue weighted by molar-refractivity contribution is 6.04. The van der Waals surface area contributed by atoms with Crippen molar-refractivity contribution in [1.82, 2.24) is 15.0 Å². The van der Waals surface area contributed by atoms with Crippen molar-refractivity contribution in [3.63, 3.8) is 0 Å². The van der Waals surface area contributed by atoms with Crippen molar-refractivity contribution >= 4 is 23.2 Å². The van der Waals surface area contributed by atoms with E-state index in [4.69, 9.17) is 0 Å². The molecule has 0 saturated carbocycles. The molecule has 0 fully saturated rings. The van der Waals surface area contributed by atoms with Gasteiger partial charge in [0.2, 0.25) is 5.91 Å². The van der Waals surface area contributed by atoms with Crippen molar-refractivity contribution in [2.24, 2.45) is 0 Å². The first-order valence-electron chi connectivity index (χ1n) is 10.2. The first-order chi connectivity index (χ1) is 16.1. The number of fused-ring (bicyclic) bond motifs is 1. The fraction of sp³-hybridized carbons (Fsp3) is 0.261.